The maximum absolute atomic E-state index is 6.48. The van der Waals surface area contributed by atoms with E-state index in [-0.39, 0.29) is 0 Å². The van der Waals surface area contributed by atoms with Gasteiger partial charge in [0.2, 0.25) is 0 Å². The highest BCUT2D eigenvalue weighted by Gasteiger charge is 2.40. The normalized spacial score (nSPS) is 45.9. The van der Waals surface area contributed by atoms with Gasteiger partial charge in [-0.3, -0.25) is 9.80 Å². The molecule has 1 saturated carbocycles. The summed E-state index contributed by atoms with van der Waals surface area (Å²) in [5.74, 6) is 1.59. The van der Waals surface area contributed by atoms with E-state index in [1.807, 2.05) is 0 Å². The molecule has 110 valence electrons. The van der Waals surface area contributed by atoms with Crippen molar-refractivity contribution in [1.29, 1.82) is 0 Å². The van der Waals surface area contributed by atoms with Gasteiger partial charge in [-0.05, 0) is 57.0 Å². The zero-order chi connectivity index (χ0) is 13.4. The summed E-state index contributed by atoms with van der Waals surface area (Å²) in [7, 11) is 0. The fourth-order valence-electron chi connectivity index (χ4n) is 4.97. The molecule has 3 heteroatoms. The van der Waals surface area contributed by atoms with Crippen LogP contribution in [0, 0.1) is 11.8 Å². The maximum Gasteiger partial charge on any atom is 0.0273 e. The molecule has 5 atom stereocenters. The minimum atomic E-state index is 0.399. The number of hydrogen-bond donors (Lipinski definition) is 1. The second-order valence-corrected chi connectivity index (χ2v) is 7.39. The second kappa shape index (κ2) is 5.71. The molecule has 2 N–H and O–H groups in total. The zero-order valence-electron chi connectivity index (χ0n) is 12.7. The van der Waals surface area contributed by atoms with E-state index in [1.165, 1.54) is 58.3 Å². The topological polar surface area (TPSA) is 32.5 Å². The quantitative estimate of drug-likeness (QED) is 0.828. The van der Waals surface area contributed by atoms with Crippen LogP contribution in [0.5, 0.6) is 0 Å². The smallest absolute Gasteiger partial charge is 0.0273 e. The highest BCUT2D eigenvalue weighted by molar-refractivity contribution is 4.97. The summed E-state index contributed by atoms with van der Waals surface area (Å²) >= 11 is 0. The van der Waals surface area contributed by atoms with E-state index in [0.717, 1.165) is 17.9 Å². The maximum atomic E-state index is 6.48. The van der Waals surface area contributed by atoms with Crippen LogP contribution in [-0.4, -0.2) is 54.1 Å². The lowest BCUT2D eigenvalue weighted by Crippen LogP contribution is -2.54. The lowest BCUT2D eigenvalue weighted by atomic mass is 9.76. The highest BCUT2D eigenvalue weighted by Crippen LogP contribution is 2.34. The van der Waals surface area contributed by atoms with Crippen molar-refractivity contribution < 1.29 is 0 Å². The molecule has 0 spiro atoms. The summed E-state index contributed by atoms with van der Waals surface area (Å²) in [5, 5.41) is 0. The van der Waals surface area contributed by atoms with Gasteiger partial charge in [0.25, 0.3) is 0 Å². The third-order valence-electron chi connectivity index (χ3n) is 5.74. The van der Waals surface area contributed by atoms with E-state index in [9.17, 15) is 0 Å². The van der Waals surface area contributed by atoms with Gasteiger partial charge in [0, 0.05) is 31.2 Å². The lowest BCUT2D eigenvalue weighted by Gasteiger charge is -2.43. The van der Waals surface area contributed by atoms with E-state index in [0.29, 0.717) is 12.1 Å². The molecule has 0 radical (unpaired) electrons. The summed E-state index contributed by atoms with van der Waals surface area (Å²) in [4.78, 5) is 5.45. The van der Waals surface area contributed by atoms with Crippen LogP contribution >= 0.6 is 0 Å². The van der Waals surface area contributed by atoms with Crippen LogP contribution in [0.15, 0.2) is 0 Å². The van der Waals surface area contributed by atoms with Crippen molar-refractivity contribution in [1.82, 2.24) is 9.80 Å². The standard InChI is InChI=1S/C16H31N3/c1-12-9-13(2)16(15(17)10-12)19-8-5-14(11-19)18-6-3-4-7-18/h12-16H,3-11,17H2,1-2H3. The van der Waals surface area contributed by atoms with Crippen molar-refractivity contribution in [3.8, 4) is 0 Å². The summed E-state index contributed by atoms with van der Waals surface area (Å²) in [5.41, 5.74) is 6.48. The predicted molar refractivity (Wildman–Crippen MR) is 80.1 cm³/mol. The van der Waals surface area contributed by atoms with Crippen LogP contribution in [0.4, 0.5) is 0 Å². The fourth-order valence-corrected chi connectivity index (χ4v) is 4.97. The summed E-state index contributed by atoms with van der Waals surface area (Å²) in [6, 6.07) is 1.86. The van der Waals surface area contributed by atoms with Crippen molar-refractivity contribution in [2.75, 3.05) is 26.2 Å². The van der Waals surface area contributed by atoms with Gasteiger partial charge in [0.15, 0.2) is 0 Å². The van der Waals surface area contributed by atoms with Crippen molar-refractivity contribution >= 4 is 0 Å². The number of nitrogens with two attached hydrogens (primary N) is 1. The van der Waals surface area contributed by atoms with Crippen LogP contribution in [0.25, 0.3) is 0 Å². The molecule has 0 aromatic carbocycles. The van der Waals surface area contributed by atoms with E-state index in [4.69, 9.17) is 5.73 Å². The molecule has 2 aliphatic heterocycles. The number of nitrogens with zero attached hydrogens (tertiary/aromatic N) is 2. The van der Waals surface area contributed by atoms with Gasteiger partial charge in [-0.1, -0.05) is 13.8 Å². The largest absolute Gasteiger partial charge is 0.326 e. The van der Waals surface area contributed by atoms with Crippen LogP contribution in [0.3, 0.4) is 0 Å². The zero-order valence-corrected chi connectivity index (χ0v) is 12.7. The molecule has 5 unspecified atom stereocenters. The van der Waals surface area contributed by atoms with Gasteiger partial charge in [-0.2, -0.15) is 0 Å². The molecule has 3 rings (SSSR count). The van der Waals surface area contributed by atoms with Gasteiger partial charge in [0.05, 0.1) is 0 Å². The number of hydrogen-bond acceptors (Lipinski definition) is 3. The summed E-state index contributed by atoms with van der Waals surface area (Å²) in [6.45, 7) is 10.0. The van der Waals surface area contributed by atoms with Crippen molar-refractivity contribution in [3.05, 3.63) is 0 Å². The number of likely N-dealkylation sites (tertiary alicyclic amines) is 2. The third-order valence-corrected chi connectivity index (χ3v) is 5.74. The Kier molecular flexibility index (Phi) is 4.16. The molecular weight excluding hydrogens is 234 g/mol. The van der Waals surface area contributed by atoms with Crippen LogP contribution in [0.1, 0.15) is 46.0 Å². The molecule has 0 bridgehead atoms. The Bertz CT molecular complexity index is 288. The molecule has 2 heterocycles. The van der Waals surface area contributed by atoms with Crippen LogP contribution in [0.2, 0.25) is 0 Å². The summed E-state index contributed by atoms with van der Waals surface area (Å²) < 4.78 is 0. The monoisotopic (exact) mass is 265 g/mol. The summed E-state index contributed by atoms with van der Waals surface area (Å²) in [6.07, 6.45) is 6.77. The highest BCUT2D eigenvalue weighted by atomic mass is 15.3. The van der Waals surface area contributed by atoms with E-state index in [2.05, 4.69) is 23.6 Å². The fraction of sp³-hybridized carbons (Fsp3) is 1.00. The molecule has 2 saturated heterocycles. The van der Waals surface area contributed by atoms with Gasteiger partial charge >= 0.3 is 0 Å². The molecule has 0 amide bonds. The molecule has 0 aromatic heterocycles. The van der Waals surface area contributed by atoms with Gasteiger partial charge < -0.3 is 5.73 Å². The Morgan fingerprint density at radius 3 is 2.37 bits per heavy atom. The SMILES string of the molecule is CC1CC(C)C(N2CCC(N3CCCC3)C2)C(N)C1. The Hall–Kier alpha value is -0.120. The van der Waals surface area contributed by atoms with E-state index in [1.54, 1.807) is 0 Å². The van der Waals surface area contributed by atoms with Crippen molar-refractivity contribution in [2.45, 2.75) is 64.1 Å². The minimum Gasteiger partial charge on any atom is -0.326 e. The molecular formula is C16H31N3. The van der Waals surface area contributed by atoms with Crippen molar-refractivity contribution in [2.24, 2.45) is 17.6 Å². The van der Waals surface area contributed by atoms with Gasteiger partial charge in [-0.25, -0.2) is 0 Å². The second-order valence-electron chi connectivity index (χ2n) is 7.39. The molecule has 3 fully saturated rings. The van der Waals surface area contributed by atoms with Gasteiger partial charge in [-0.15, -0.1) is 0 Å². The minimum absolute atomic E-state index is 0.399. The Morgan fingerprint density at radius 1 is 0.947 bits per heavy atom. The lowest BCUT2D eigenvalue weighted by molar-refractivity contribution is 0.0876. The third kappa shape index (κ3) is 2.84. The van der Waals surface area contributed by atoms with Gasteiger partial charge in [0.1, 0.15) is 0 Å². The van der Waals surface area contributed by atoms with Crippen LogP contribution < -0.4 is 5.73 Å². The molecule has 3 nitrogen and oxygen atoms in total. The number of rotatable bonds is 2. The molecule has 19 heavy (non-hydrogen) atoms. The first-order valence-corrected chi connectivity index (χ1v) is 8.39. The van der Waals surface area contributed by atoms with Crippen LogP contribution in [-0.2, 0) is 0 Å². The molecule has 3 aliphatic rings. The molecule has 1 aliphatic carbocycles. The first kappa shape index (κ1) is 13.8. The molecule has 0 aromatic rings. The average Bonchev–Trinajstić information content (AvgIpc) is 2.97. The predicted octanol–water partition coefficient (Wildman–Crippen LogP) is 1.92. The Morgan fingerprint density at radius 2 is 1.68 bits per heavy atom. The first-order chi connectivity index (χ1) is 9.15. The van der Waals surface area contributed by atoms with E-state index < -0.39 is 0 Å². The van der Waals surface area contributed by atoms with Crippen molar-refractivity contribution in [3.63, 3.8) is 0 Å². The Balaban J connectivity index is 1.60. The first-order valence-electron chi connectivity index (χ1n) is 8.39. The average molecular weight is 265 g/mol. The van der Waals surface area contributed by atoms with E-state index >= 15 is 0 Å². The Labute approximate surface area is 118 Å².